The third kappa shape index (κ3) is 1.31. The fraction of sp³-hybridized carbons (Fsp3) is 0.600. The van der Waals surface area contributed by atoms with E-state index in [0.717, 1.165) is 0 Å². The van der Waals surface area contributed by atoms with Gasteiger partial charge in [0.25, 0.3) is 0 Å². The molecule has 0 saturated heterocycles. The van der Waals surface area contributed by atoms with Crippen molar-refractivity contribution in [2.75, 3.05) is 0 Å². The van der Waals surface area contributed by atoms with Crippen LogP contribution >= 0.6 is 58.0 Å². The molecule has 2 bridgehead atoms. The smallest absolute Gasteiger partial charge is 0.197 e. The Balaban J connectivity index is 2.54. The lowest BCUT2D eigenvalue weighted by molar-refractivity contribution is -0.0293. The van der Waals surface area contributed by atoms with Gasteiger partial charge in [-0.3, -0.25) is 0 Å². The van der Waals surface area contributed by atoms with E-state index >= 15 is 0 Å². The van der Waals surface area contributed by atoms with Gasteiger partial charge in [-0.15, -0.1) is 23.2 Å². The number of halogens is 5. The molecule has 0 aromatic rings. The van der Waals surface area contributed by atoms with Crippen LogP contribution in [0, 0.1) is 0 Å². The highest BCUT2D eigenvalue weighted by Crippen LogP contribution is 2.68. The highest BCUT2D eigenvalue weighted by atomic mass is 35.5. The SMILES string of the molecule is CC(C)OC1(Cl)C2(Cl)C=CC1(Cl)C(Cl)=C2Cl. The summed E-state index contributed by atoms with van der Waals surface area (Å²) < 4.78 is 5.66. The van der Waals surface area contributed by atoms with E-state index in [-0.39, 0.29) is 16.2 Å². The van der Waals surface area contributed by atoms with Crippen molar-refractivity contribution in [3.63, 3.8) is 0 Å². The summed E-state index contributed by atoms with van der Waals surface area (Å²) in [6.45, 7) is 3.67. The van der Waals surface area contributed by atoms with Crippen molar-refractivity contribution in [2.24, 2.45) is 0 Å². The van der Waals surface area contributed by atoms with Gasteiger partial charge in [0, 0.05) is 0 Å². The molecule has 0 saturated carbocycles. The van der Waals surface area contributed by atoms with Gasteiger partial charge in [0.1, 0.15) is 9.75 Å². The van der Waals surface area contributed by atoms with Gasteiger partial charge < -0.3 is 4.74 Å². The number of hydrogen-bond acceptors (Lipinski definition) is 1. The summed E-state index contributed by atoms with van der Waals surface area (Å²) in [5, 5.41) is -0.932. The third-order valence-corrected chi connectivity index (χ3v) is 6.01. The van der Waals surface area contributed by atoms with Gasteiger partial charge in [-0.1, -0.05) is 47.0 Å². The van der Waals surface area contributed by atoms with E-state index in [1.807, 2.05) is 13.8 Å². The molecule has 6 heteroatoms. The van der Waals surface area contributed by atoms with E-state index in [1.54, 1.807) is 12.2 Å². The van der Waals surface area contributed by atoms with E-state index in [4.69, 9.17) is 62.7 Å². The molecule has 0 fully saturated rings. The van der Waals surface area contributed by atoms with Crippen molar-refractivity contribution in [3.8, 4) is 0 Å². The van der Waals surface area contributed by atoms with Crippen LogP contribution in [0.5, 0.6) is 0 Å². The van der Waals surface area contributed by atoms with Gasteiger partial charge in [-0.2, -0.15) is 0 Å². The Morgan fingerprint density at radius 3 is 1.69 bits per heavy atom. The quantitative estimate of drug-likeness (QED) is 0.534. The van der Waals surface area contributed by atoms with Crippen LogP contribution in [-0.4, -0.2) is 20.9 Å². The van der Waals surface area contributed by atoms with E-state index in [1.165, 1.54) is 0 Å². The molecular weight excluding hydrogens is 313 g/mol. The van der Waals surface area contributed by atoms with Gasteiger partial charge in [-0.25, -0.2) is 0 Å². The fourth-order valence-corrected chi connectivity index (χ4v) is 4.08. The van der Waals surface area contributed by atoms with Crippen LogP contribution in [0.15, 0.2) is 22.2 Å². The summed E-state index contributed by atoms with van der Waals surface area (Å²) >= 11 is 31.4. The zero-order valence-corrected chi connectivity index (χ0v) is 12.3. The summed E-state index contributed by atoms with van der Waals surface area (Å²) in [5.41, 5.74) is 0. The maximum Gasteiger partial charge on any atom is 0.197 e. The van der Waals surface area contributed by atoms with Crippen molar-refractivity contribution in [2.45, 2.75) is 34.8 Å². The van der Waals surface area contributed by atoms with Crippen LogP contribution < -0.4 is 0 Å². The summed E-state index contributed by atoms with van der Waals surface area (Å²) in [5.74, 6) is 0. The Hall–Kier alpha value is 0.890. The second-order valence-electron chi connectivity index (χ2n) is 4.15. The average Bonchev–Trinajstić information content (AvgIpc) is 2.42. The predicted octanol–water partition coefficient (Wildman–Crippen LogP) is 4.57. The molecule has 0 spiro atoms. The highest BCUT2D eigenvalue weighted by molar-refractivity contribution is 6.57. The first kappa shape index (κ1) is 13.3. The summed E-state index contributed by atoms with van der Waals surface area (Å²) in [6.07, 6.45) is 3.11. The van der Waals surface area contributed by atoms with Crippen molar-refractivity contribution in [1.29, 1.82) is 0 Å². The number of ether oxygens (including phenoxy) is 1. The fourth-order valence-electron chi connectivity index (χ4n) is 1.95. The Morgan fingerprint density at radius 1 is 1.00 bits per heavy atom. The second-order valence-corrected chi connectivity index (χ2v) is 6.63. The largest absolute Gasteiger partial charge is 0.352 e. The predicted molar refractivity (Wildman–Crippen MR) is 69.8 cm³/mol. The molecule has 2 rings (SSSR count). The summed E-state index contributed by atoms with van der Waals surface area (Å²) in [4.78, 5) is -2.39. The maximum atomic E-state index is 6.44. The second kappa shape index (κ2) is 3.69. The maximum absolute atomic E-state index is 6.44. The molecule has 0 aromatic carbocycles. The highest BCUT2D eigenvalue weighted by Gasteiger charge is 2.73. The molecule has 2 unspecified atom stereocenters. The molecule has 16 heavy (non-hydrogen) atoms. The van der Waals surface area contributed by atoms with Gasteiger partial charge in [0.2, 0.25) is 0 Å². The van der Waals surface area contributed by atoms with Crippen LogP contribution in [0.3, 0.4) is 0 Å². The molecule has 2 atom stereocenters. The Bertz CT molecular complexity index is 374. The summed E-state index contributed by atoms with van der Waals surface area (Å²) in [6, 6.07) is 0. The van der Waals surface area contributed by atoms with Crippen LogP contribution in [0.2, 0.25) is 0 Å². The molecule has 0 aromatic heterocycles. The third-order valence-electron chi connectivity index (χ3n) is 2.71. The topological polar surface area (TPSA) is 9.23 Å². The molecule has 0 amide bonds. The number of hydrogen-bond donors (Lipinski definition) is 0. The average molecular weight is 322 g/mol. The van der Waals surface area contributed by atoms with E-state index in [0.29, 0.717) is 0 Å². The zero-order chi connectivity index (χ0) is 12.4. The normalized spacial score (nSPS) is 46.2. The molecule has 0 aliphatic heterocycles. The van der Waals surface area contributed by atoms with Gasteiger partial charge in [0.15, 0.2) is 5.06 Å². The number of fused-ring (bicyclic) bond motifs is 2. The van der Waals surface area contributed by atoms with Crippen LogP contribution in [0.4, 0.5) is 0 Å². The van der Waals surface area contributed by atoms with E-state index in [9.17, 15) is 0 Å². The van der Waals surface area contributed by atoms with Crippen LogP contribution in [0.1, 0.15) is 13.8 Å². The van der Waals surface area contributed by atoms with Crippen LogP contribution in [-0.2, 0) is 4.74 Å². The van der Waals surface area contributed by atoms with Crippen LogP contribution in [0.25, 0.3) is 0 Å². The molecule has 1 nitrogen and oxygen atoms in total. The first-order chi connectivity index (χ1) is 7.19. The number of rotatable bonds is 2. The monoisotopic (exact) mass is 320 g/mol. The standard InChI is InChI=1S/C10H9Cl5O/c1-5(2)16-10(15)8(13)3-4-9(10,14)7(12)6(8)11/h3-5H,1-2H3. The molecule has 90 valence electrons. The Kier molecular flexibility index (Phi) is 3.07. The van der Waals surface area contributed by atoms with Gasteiger partial charge in [-0.05, 0) is 13.8 Å². The Morgan fingerprint density at radius 2 is 1.38 bits per heavy atom. The Labute approximate surface area is 119 Å². The van der Waals surface area contributed by atoms with Gasteiger partial charge >= 0.3 is 0 Å². The lowest BCUT2D eigenvalue weighted by atomic mass is 10.1. The minimum absolute atomic E-state index is 0.152. The van der Waals surface area contributed by atoms with Gasteiger partial charge in [0.05, 0.1) is 16.2 Å². The molecular formula is C10H9Cl5O. The molecule has 2 aliphatic carbocycles. The minimum Gasteiger partial charge on any atom is -0.352 e. The molecule has 0 heterocycles. The van der Waals surface area contributed by atoms with Crippen molar-refractivity contribution in [3.05, 3.63) is 22.2 Å². The van der Waals surface area contributed by atoms with Crippen molar-refractivity contribution >= 4 is 58.0 Å². The lowest BCUT2D eigenvalue weighted by Crippen LogP contribution is -2.52. The molecule has 0 radical (unpaired) electrons. The van der Waals surface area contributed by atoms with E-state index in [2.05, 4.69) is 0 Å². The summed E-state index contributed by atoms with van der Waals surface area (Å²) in [7, 11) is 0. The molecule has 0 N–H and O–H groups in total. The minimum atomic E-state index is -1.38. The van der Waals surface area contributed by atoms with Crippen molar-refractivity contribution < 1.29 is 4.74 Å². The zero-order valence-electron chi connectivity index (χ0n) is 8.53. The lowest BCUT2D eigenvalue weighted by Gasteiger charge is -2.38. The first-order valence-corrected chi connectivity index (χ1v) is 6.59. The van der Waals surface area contributed by atoms with Crippen molar-refractivity contribution in [1.82, 2.24) is 0 Å². The first-order valence-electron chi connectivity index (χ1n) is 4.70. The van der Waals surface area contributed by atoms with E-state index < -0.39 is 14.8 Å². The molecule has 2 aliphatic rings. The number of alkyl halides is 3.